The summed E-state index contributed by atoms with van der Waals surface area (Å²) in [6.07, 6.45) is 1.09. The number of carbonyl (C=O) groups excluding carboxylic acids is 1. The Labute approximate surface area is 172 Å². The number of hydrogen-bond donors (Lipinski definition) is 1. The summed E-state index contributed by atoms with van der Waals surface area (Å²) in [6, 6.07) is 10.9. The molecule has 0 saturated heterocycles. The van der Waals surface area contributed by atoms with E-state index in [9.17, 15) is 13.2 Å². The number of hydrogen-bond acceptors (Lipinski definition) is 5. The van der Waals surface area contributed by atoms with Gasteiger partial charge in [-0.05, 0) is 51.1 Å². The van der Waals surface area contributed by atoms with Gasteiger partial charge >= 0.3 is 0 Å². The van der Waals surface area contributed by atoms with Crippen molar-refractivity contribution in [2.45, 2.75) is 32.9 Å². The molecular formula is C21H28N2O5S. The molecule has 158 valence electrons. The monoisotopic (exact) mass is 420 g/mol. The van der Waals surface area contributed by atoms with E-state index in [1.54, 1.807) is 58.4 Å². The molecule has 0 aliphatic heterocycles. The van der Waals surface area contributed by atoms with Crippen LogP contribution in [0.25, 0.3) is 0 Å². The van der Waals surface area contributed by atoms with Crippen molar-refractivity contribution in [1.82, 2.24) is 5.32 Å². The van der Waals surface area contributed by atoms with Crippen LogP contribution in [0.5, 0.6) is 11.5 Å². The van der Waals surface area contributed by atoms with Crippen molar-refractivity contribution in [2.75, 3.05) is 24.8 Å². The molecule has 7 nitrogen and oxygen atoms in total. The molecule has 2 aromatic carbocycles. The Kier molecular flexibility index (Phi) is 7.13. The first-order valence-corrected chi connectivity index (χ1v) is 11.0. The van der Waals surface area contributed by atoms with Crippen LogP contribution in [0.4, 0.5) is 5.69 Å². The summed E-state index contributed by atoms with van der Waals surface area (Å²) in [5.41, 5.74) is 2.17. The second kappa shape index (κ2) is 9.17. The van der Waals surface area contributed by atoms with Crippen LogP contribution in [0.15, 0.2) is 42.5 Å². The summed E-state index contributed by atoms with van der Waals surface area (Å²) in [7, 11) is -0.566. The lowest BCUT2D eigenvalue weighted by atomic mass is 10.1. The zero-order valence-corrected chi connectivity index (χ0v) is 18.4. The molecular weight excluding hydrogens is 392 g/mol. The molecule has 2 atom stereocenters. The molecule has 29 heavy (non-hydrogen) atoms. The minimum absolute atomic E-state index is 0.422. The Balaban J connectivity index is 2.29. The normalized spacial score (nSPS) is 13.3. The maximum Gasteiger partial charge on any atom is 0.244 e. The van der Waals surface area contributed by atoms with Gasteiger partial charge in [0.2, 0.25) is 15.9 Å². The summed E-state index contributed by atoms with van der Waals surface area (Å²) >= 11 is 0. The van der Waals surface area contributed by atoms with Gasteiger partial charge in [-0.2, -0.15) is 0 Å². The molecule has 0 aliphatic carbocycles. The SMILES string of the molecule is COc1ccc(OC)c([C@H](C)NC(=O)[C@H](C)N(c2ccc(C)cc2)S(C)(=O)=O)c1. The van der Waals surface area contributed by atoms with Gasteiger partial charge in [0.25, 0.3) is 0 Å². The van der Waals surface area contributed by atoms with Crippen LogP contribution in [0.2, 0.25) is 0 Å². The quantitative estimate of drug-likeness (QED) is 0.710. The molecule has 1 amide bonds. The van der Waals surface area contributed by atoms with Crippen molar-refractivity contribution in [1.29, 1.82) is 0 Å². The number of methoxy groups -OCH3 is 2. The number of aryl methyl sites for hydroxylation is 1. The number of ether oxygens (including phenoxy) is 2. The van der Waals surface area contributed by atoms with Gasteiger partial charge in [0.15, 0.2) is 0 Å². The molecule has 0 saturated carbocycles. The minimum atomic E-state index is -3.67. The Morgan fingerprint density at radius 3 is 2.17 bits per heavy atom. The predicted molar refractivity (Wildman–Crippen MR) is 114 cm³/mol. The van der Waals surface area contributed by atoms with Gasteiger partial charge < -0.3 is 14.8 Å². The highest BCUT2D eigenvalue weighted by Gasteiger charge is 2.30. The van der Waals surface area contributed by atoms with E-state index in [0.29, 0.717) is 17.2 Å². The van der Waals surface area contributed by atoms with E-state index in [1.165, 1.54) is 0 Å². The molecule has 0 fully saturated rings. The highest BCUT2D eigenvalue weighted by Crippen LogP contribution is 2.29. The minimum Gasteiger partial charge on any atom is -0.497 e. The topological polar surface area (TPSA) is 84.9 Å². The largest absolute Gasteiger partial charge is 0.497 e. The predicted octanol–water partition coefficient (Wildman–Crippen LogP) is 3.04. The van der Waals surface area contributed by atoms with E-state index in [1.807, 2.05) is 19.1 Å². The van der Waals surface area contributed by atoms with Gasteiger partial charge in [-0.3, -0.25) is 9.10 Å². The van der Waals surface area contributed by atoms with Crippen molar-refractivity contribution in [3.05, 3.63) is 53.6 Å². The van der Waals surface area contributed by atoms with Crippen LogP contribution in [0.3, 0.4) is 0 Å². The molecule has 0 unspecified atom stereocenters. The maximum atomic E-state index is 12.9. The summed E-state index contributed by atoms with van der Waals surface area (Å²) in [4.78, 5) is 12.9. The van der Waals surface area contributed by atoms with E-state index in [2.05, 4.69) is 5.32 Å². The second-order valence-electron chi connectivity index (χ2n) is 6.91. The van der Waals surface area contributed by atoms with Crippen LogP contribution >= 0.6 is 0 Å². The van der Waals surface area contributed by atoms with Gasteiger partial charge in [-0.15, -0.1) is 0 Å². The standard InChI is InChI=1S/C21H28N2O5S/c1-14-7-9-17(10-8-14)23(29(6,25)26)16(3)21(24)22-15(2)19-13-18(27-4)11-12-20(19)28-5/h7-13,15-16H,1-6H3,(H,22,24)/t15-,16-/m0/s1. The van der Waals surface area contributed by atoms with Crippen LogP contribution < -0.4 is 19.1 Å². The first-order chi connectivity index (χ1) is 13.6. The van der Waals surface area contributed by atoms with E-state index < -0.39 is 28.0 Å². The van der Waals surface area contributed by atoms with Gasteiger partial charge in [0.1, 0.15) is 17.5 Å². The number of nitrogens with one attached hydrogen (secondary N) is 1. The number of anilines is 1. The van der Waals surface area contributed by atoms with Gasteiger partial charge in [-0.25, -0.2) is 8.42 Å². The van der Waals surface area contributed by atoms with E-state index in [0.717, 1.165) is 21.7 Å². The Bertz CT molecular complexity index is 958. The molecule has 0 radical (unpaired) electrons. The van der Waals surface area contributed by atoms with Crippen molar-refractivity contribution < 1.29 is 22.7 Å². The molecule has 0 aromatic heterocycles. The first-order valence-electron chi connectivity index (χ1n) is 9.16. The second-order valence-corrected chi connectivity index (χ2v) is 8.77. The Morgan fingerprint density at radius 2 is 1.66 bits per heavy atom. The number of rotatable bonds is 8. The van der Waals surface area contributed by atoms with Gasteiger partial charge in [0, 0.05) is 5.56 Å². The lowest BCUT2D eigenvalue weighted by Crippen LogP contribution is -2.48. The zero-order valence-electron chi connectivity index (χ0n) is 17.6. The summed E-state index contributed by atoms with van der Waals surface area (Å²) < 4.78 is 36.6. The van der Waals surface area contributed by atoms with Gasteiger partial charge in [-0.1, -0.05) is 17.7 Å². The lowest BCUT2D eigenvalue weighted by molar-refractivity contribution is -0.122. The van der Waals surface area contributed by atoms with Crippen LogP contribution in [0.1, 0.15) is 31.0 Å². The summed E-state index contributed by atoms with van der Waals surface area (Å²) in [5.74, 6) is 0.811. The van der Waals surface area contributed by atoms with Crippen molar-refractivity contribution in [2.24, 2.45) is 0 Å². The third-order valence-corrected chi connectivity index (χ3v) is 5.88. The molecule has 0 heterocycles. The number of benzene rings is 2. The first kappa shape index (κ1) is 22.5. The molecule has 0 bridgehead atoms. The molecule has 2 rings (SSSR count). The van der Waals surface area contributed by atoms with E-state index in [-0.39, 0.29) is 0 Å². The number of sulfonamides is 1. The third-order valence-electron chi connectivity index (χ3n) is 4.64. The van der Waals surface area contributed by atoms with E-state index >= 15 is 0 Å². The average Bonchev–Trinajstić information content (AvgIpc) is 2.67. The van der Waals surface area contributed by atoms with Crippen molar-refractivity contribution >= 4 is 21.6 Å². The summed E-state index contributed by atoms with van der Waals surface area (Å²) in [5, 5.41) is 2.88. The van der Waals surface area contributed by atoms with Crippen molar-refractivity contribution in [3.8, 4) is 11.5 Å². The fourth-order valence-corrected chi connectivity index (χ4v) is 4.26. The molecule has 0 aliphatic rings. The molecule has 1 N–H and O–H groups in total. The zero-order chi connectivity index (χ0) is 21.8. The fourth-order valence-electron chi connectivity index (χ4n) is 3.09. The molecule has 0 spiro atoms. The molecule has 2 aromatic rings. The van der Waals surface area contributed by atoms with Crippen LogP contribution in [-0.4, -0.2) is 40.8 Å². The van der Waals surface area contributed by atoms with Gasteiger partial charge in [0.05, 0.1) is 32.2 Å². The third kappa shape index (κ3) is 5.41. The Hall–Kier alpha value is -2.74. The van der Waals surface area contributed by atoms with E-state index in [4.69, 9.17) is 9.47 Å². The highest BCUT2D eigenvalue weighted by molar-refractivity contribution is 7.92. The summed E-state index contributed by atoms with van der Waals surface area (Å²) in [6.45, 7) is 5.28. The smallest absolute Gasteiger partial charge is 0.244 e. The average molecular weight is 421 g/mol. The Morgan fingerprint density at radius 1 is 1.03 bits per heavy atom. The number of carbonyl (C=O) groups is 1. The number of nitrogens with zero attached hydrogens (tertiary/aromatic N) is 1. The number of amides is 1. The lowest BCUT2D eigenvalue weighted by Gasteiger charge is -2.29. The van der Waals surface area contributed by atoms with Crippen LogP contribution in [-0.2, 0) is 14.8 Å². The fraction of sp³-hybridized carbons (Fsp3) is 0.381. The van der Waals surface area contributed by atoms with Crippen LogP contribution in [0, 0.1) is 6.92 Å². The van der Waals surface area contributed by atoms with Crippen molar-refractivity contribution in [3.63, 3.8) is 0 Å². The maximum absolute atomic E-state index is 12.9. The highest BCUT2D eigenvalue weighted by atomic mass is 32.2. The molecule has 8 heteroatoms.